The molecule has 0 aliphatic rings. The Bertz CT molecular complexity index is 821. The van der Waals surface area contributed by atoms with Crippen LogP contribution in [0.2, 0.25) is 0 Å². The van der Waals surface area contributed by atoms with Crippen molar-refractivity contribution in [3.8, 4) is 17.1 Å². The smallest absolute Gasteiger partial charge is 0.255 e. The molecule has 0 radical (unpaired) electrons. The second-order valence-corrected chi connectivity index (χ2v) is 5.41. The van der Waals surface area contributed by atoms with Gasteiger partial charge in [-0.3, -0.25) is 4.79 Å². The minimum Gasteiger partial charge on any atom is -0.460 e. The van der Waals surface area contributed by atoms with Crippen LogP contribution in [0.4, 0.5) is 0 Å². The third-order valence-corrected chi connectivity index (χ3v) is 3.57. The number of aromatic nitrogens is 2. The van der Waals surface area contributed by atoms with Gasteiger partial charge in [-0.2, -0.15) is 5.10 Å². The lowest BCUT2D eigenvalue weighted by atomic mass is 10.2. The molecule has 0 aliphatic carbocycles. The van der Waals surface area contributed by atoms with E-state index in [1.807, 2.05) is 43.3 Å². The van der Waals surface area contributed by atoms with E-state index in [-0.39, 0.29) is 12.5 Å². The first-order valence-corrected chi connectivity index (χ1v) is 7.80. The summed E-state index contributed by atoms with van der Waals surface area (Å²) in [4.78, 5) is 12.5. The highest BCUT2D eigenvalue weighted by atomic mass is 16.3. The van der Waals surface area contributed by atoms with Crippen molar-refractivity contribution in [1.29, 1.82) is 0 Å². The number of para-hydroxylation sites is 1. The van der Waals surface area contributed by atoms with Crippen LogP contribution in [-0.2, 0) is 0 Å². The molecule has 0 spiro atoms. The topological polar surface area (TPSA) is 80.3 Å². The van der Waals surface area contributed by atoms with Gasteiger partial charge in [0.1, 0.15) is 11.5 Å². The second kappa shape index (κ2) is 7.14. The molecule has 0 saturated carbocycles. The van der Waals surface area contributed by atoms with Gasteiger partial charge in [-0.15, -0.1) is 0 Å². The molecule has 2 heterocycles. The number of rotatable bonds is 6. The number of nitrogens with zero attached hydrogens (tertiary/aromatic N) is 2. The molecule has 0 unspecified atom stereocenters. The van der Waals surface area contributed by atoms with Crippen molar-refractivity contribution in [2.45, 2.75) is 13.3 Å². The predicted molar refractivity (Wildman–Crippen MR) is 90.0 cm³/mol. The summed E-state index contributed by atoms with van der Waals surface area (Å²) in [5.74, 6) is 1.06. The Morgan fingerprint density at radius 3 is 2.71 bits per heavy atom. The van der Waals surface area contributed by atoms with E-state index in [2.05, 4.69) is 10.4 Å². The van der Waals surface area contributed by atoms with Crippen molar-refractivity contribution in [2.24, 2.45) is 0 Å². The van der Waals surface area contributed by atoms with Crippen LogP contribution in [0, 0.1) is 6.92 Å². The number of carbonyl (C=O) groups excluding carboxylic acids is 1. The zero-order chi connectivity index (χ0) is 16.9. The number of aliphatic hydroxyl groups excluding tert-OH is 1. The Labute approximate surface area is 139 Å². The number of benzene rings is 1. The molecule has 1 aromatic carbocycles. The van der Waals surface area contributed by atoms with Crippen LogP contribution in [0.1, 0.15) is 22.5 Å². The van der Waals surface area contributed by atoms with E-state index in [1.165, 1.54) is 0 Å². The van der Waals surface area contributed by atoms with E-state index in [4.69, 9.17) is 9.52 Å². The van der Waals surface area contributed by atoms with E-state index in [9.17, 15) is 4.79 Å². The van der Waals surface area contributed by atoms with Crippen molar-refractivity contribution >= 4 is 5.91 Å². The number of nitrogens with one attached hydrogen (secondary N) is 1. The highest BCUT2D eigenvalue weighted by Crippen LogP contribution is 2.25. The number of hydrogen-bond acceptors (Lipinski definition) is 4. The maximum Gasteiger partial charge on any atom is 0.255 e. The molecule has 2 aromatic heterocycles. The van der Waals surface area contributed by atoms with Gasteiger partial charge in [0.2, 0.25) is 0 Å². The number of amides is 1. The summed E-state index contributed by atoms with van der Waals surface area (Å²) in [5.41, 5.74) is 1.79. The van der Waals surface area contributed by atoms with Gasteiger partial charge in [-0.1, -0.05) is 18.2 Å². The molecule has 0 fully saturated rings. The molecule has 3 rings (SSSR count). The molecular weight excluding hydrogens is 306 g/mol. The van der Waals surface area contributed by atoms with Crippen LogP contribution >= 0.6 is 0 Å². The molecule has 6 heteroatoms. The molecule has 1 amide bonds. The Morgan fingerprint density at radius 2 is 2.04 bits per heavy atom. The van der Waals surface area contributed by atoms with Gasteiger partial charge in [0.05, 0.1) is 11.3 Å². The number of carbonyl (C=O) groups is 1. The third kappa shape index (κ3) is 3.38. The SMILES string of the molecule is Cc1ccc(-c2nn(-c3ccccc3)cc2C(=O)NCCCO)o1. The molecule has 0 bridgehead atoms. The minimum atomic E-state index is -0.241. The molecule has 6 nitrogen and oxygen atoms in total. The highest BCUT2D eigenvalue weighted by Gasteiger charge is 2.20. The first-order chi connectivity index (χ1) is 11.7. The van der Waals surface area contributed by atoms with Gasteiger partial charge in [0.15, 0.2) is 5.76 Å². The molecule has 0 aliphatic heterocycles. The second-order valence-electron chi connectivity index (χ2n) is 5.41. The van der Waals surface area contributed by atoms with Crippen LogP contribution < -0.4 is 5.32 Å². The minimum absolute atomic E-state index is 0.0355. The fraction of sp³-hybridized carbons (Fsp3) is 0.222. The molecule has 3 aromatic rings. The highest BCUT2D eigenvalue weighted by molar-refractivity contribution is 5.99. The van der Waals surface area contributed by atoms with Crippen molar-refractivity contribution in [2.75, 3.05) is 13.2 Å². The first kappa shape index (κ1) is 16.0. The van der Waals surface area contributed by atoms with Crippen LogP contribution in [0.15, 0.2) is 53.1 Å². The van der Waals surface area contributed by atoms with E-state index in [0.29, 0.717) is 30.0 Å². The Kier molecular flexibility index (Phi) is 4.77. The molecule has 124 valence electrons. The third-order valence-electron chi connectivity index (χ3n) is 3.57. The normalized spacial score (nSPS) is 10.8. The molecule has 2 N–H and O–H groups in total. The van der Waals surface area contributed by atoms with Crippen LogP contribution in [0.5, 0.6) is 0 Å². The van der Waals surface area contributed by atoms with Crippen LogP contribution in [0.25, 0.3) is 17.1 Å². The molecule has 0 saturated heterocycles. The maximum absolute atomic E-state index is 12.5. The standard InChI is InChI=1S/C18H19N3O3/c1-13-8-9-16(24-13)17-15(18(23)19-10-5-11-22)12-21(20-17)14-6-3-2-4-7-14/h2-4,6-9,12,22H,5,10-11H2,1H3,(H,19,23). The summed E-state index contributed by atoms with van der Waals surface area (Å²) in [5, 5.41) is 16.2. The average Bonchev–Trinajstić information content (AvgIpc) is 3.22. The lowest BCUT2D eigenvalue weighted by Crippen LogP contribution is -2.25. The number of hydrogen-bond donors (Lipinski definition) is 2. The van der Waals surface area contributed by atoms with Gasteiger partial charge in [-0.25, -0.2) is 4.68 Å². The summed E-state index contributed by atoms with van der Waals surface area (Å²) in [6, 6.07) is 13.2. The van der Waals surface area contributed by atoms with E-state index < -0.39 is 0 Å². The summed E-state index contributed by atoms with van der Waals surface area (Å²) < 4.78 is 7.30. The van der Waals surface area contributed by atoms with Crippen molar-refractivity contribution in [3.63, 3.8) is 0 Å². The zero-order valence-corrected chi connectivity index (χ0v) is 13.4. The molecular formula is C18H19N3O3. The Morgan fingerprint density at radius 1 is 1.25 bits per heavy atom. The summed E-state index contributed by atoms with van der Waals surface area (Å²) in [7, 11) is 0. The zero-order valence-electron chi connectivity index (χ0n) is 13.4. The lowest BCUT2D eigenvalue weighted by molar-refractivity contribution is 0.0951. The fourth-order valence-electron chi connectivity index (χ4n) is 2.37. The summed E-state index contributed by atoms with van der Waals surface area (Å²) >= 11 is 0. The number of aliphatic hydroxyl groups is 1. The first-order valence-electron chi connectivity index (χ1n) is 7.80. The molecule has 0 atom stereocenters. The Hall–Kier alpha value is -2.86. The summed E-state index contributed by atoms with van der Waals surface area (Å²) in [6.45, 7) is 2.29. The van der Waals surface area contributed by atoms with E-state index in [0.717, 1.165) is 11.4 Å². The summed E-state index contributed by atoms with van der Waals surface area (Å²) in [6.07, 6.45) is 2.20. The Balaban J connectivity index is 1.98. The number of aryl methyl sites for hydroxylation is 1. The monoisotopic (exact) mass is 325 g/mol. The van der Waals surface area contributed by atoms with E-state index in [1.54, 1.807) is 16.9 Å². The lowest BCUT2D eigenvalue weighted by Gasteiger charge is -2.02. The largest absolute Gasteiger partial charge is 0.460 e. The van der Waals surface area contributed by atoms with Crippen LogP contribution in [0.3, 0.4) is 0 Å². The van der Waals surface area contributed by atoms with Gasteiger partial charge in [-0.05, 0) is 37.6 Å². The van der Waals surface area contributed by atoms with Crippen LogP contribution in [-0.4, -0.2) is 33.9 Å². The van der Waals surface area contributed by atoms with Gasteiger partial charge in [0.25, 0.3) is 5.91 Å². The van der Waals surface area contributed by atoms with Crippen molar-refractivity contribution in [1.82, 2.24) is 15.1 Å². The van der Waals surface area contributed by atoms with E-state index >= 15 is 0 Å². The average molecular weight is 325 g/mol. The van der Waals surface area contributed by atoms with Gasteiger partial charge >= 0.3 is 0 Å². The fourth-order valence-corrected chi connectivity index (χ4v) is 2.37. The molecule has 24 heavy (non-hydrogen) atoms. The van der Waals surface area contributed by atoms with Gasteiger partial charge < -0.3 is 14.8 Å². The number of furan rings is 1. The quantitative estimate of drug-likeness (QED) is 0.683. The maximum atomic E-state index is 12.5. The van der Waals surface area contributed by atoms with Gasteiger partial charge in [0, 0.05) is 19.3 Å². The predicted octanol–water partition coefficient (Wildman–Crippen LogP) is 2.55. The van der Waals surface area contributed by atoms with Crippen molar-refractivity contribution < 1.29 is 14.3 Å². The van der Waals surface area contributed by atoms with Crippen molar-refractivity contribution in [3.05, 3.63) is 60.0 Å².